The van der Waals surface area contributed by atoms with Crippen LogP contribution in [-0.4, -0.2) is 41.1 Å². The lowest BCUT2D eigenvalue weighted by Gasteiger charge is -2.12. The van der Waals surface area contributed by atoms with Gasteiger partial charge >= 0.3 is 0 Å². The number of para-hydroxylation sites is 3. The summed E-state index contributed by atoms with van der Waals surface area (Å²) in [6.07, 6.45) is 2.44. The highest BCUT2D eigenvalue weighted by Crippen LogP contribution is 2.30. The van der Waals surface area contributed by atoms with Gasteiger partial charge in [0.1, 0.15) is 0 Å². The quantitative estimate of drug-likeness (QED) is 0.330. The fourth-order valence-corrected chi connectivity index (χ4v) is 3.52. The van der Waals surface area contributed by atoms with E-state index >= 15 is 0 Å². The predicted molar refractivity (Wildman–Crippen MR) is 116 cm³/mol. The van der Waals surface area contributed by atoms with E-state index < -0.39 is 0 Å². The molecule has 0 fully saturated rings. The van der Waals surface area contributed by atoms with Gasteiger partial charge in [0.2, 0.25) is 0 Å². The summed E-state index contributed by atoms with van der Waals surface area (Å²) in [5.41, 5.74) is 5.23. The highest BCUT2D eigenvalue weighted by molar-refractivity contribution is 7.99. The zero-order valence-electron chi connectivity index (χ0n) is 16.7. The number of carbonyl (C=O) groups excluding carboxylic acids is 1. The van der Waals surface area contributed by atoms with Crippen LogP contribution in [-0.2, 0) is 11.8 Å². The van der Waals surface area contributed by atoms with Gasteiger partial charge < -0.3 is 14.0 Å². The molecule has 7 nitrogen and oxygen atoms in total. The van der Waals surface area contributed by atoms with Gasteiger partial charge in [0.25, 0.3) is 5.91 Å². The summed E-state index contributed by atoms with van der Waals surface area (Å²) in [5, 5.41) is 4.85. The number of hydrogen-bond acceptors (Lipinski definition) is 6. The fraction of sp³-hybridized carbons (Fsp3) is 0.286. The fourth-order valence-electron chi connectivity index (χ4n) is 2.74. The SMILES string of the molecule is CCCOc1c(/C=N\NC(=O)CSc2nc3ccccc3n2C)cccc1OC. The molecule has 2 aromatic carbocycles. The van der Waals surface area contributed by atoms with E-state index in [1.54, 1.807) is 13.3 Å². The predicted octanol–water partition coefficient (Wildman–Crippen LogP) is 3.61. The van der Waals surface area contributed by atoms with Crippen LogP contribution in [0.15, 0.2) is 52.7 Å². The minimum absolute atomic E-state index is 0.211. The van der Waals surface area contributed by atoms with E-state index in [-0.39, 0.29) is 11.7 Å². The van der Waals surface area contributed by atoms with Gasteiger partial charge in [-0.05, 0) is 30.7 Å². The third-order valence-corrected chi connectivity index (χ3v) is 5.18. The third-order valence-electron chi connectivity index (χ3n) is 4.15. The molecule has 3 rings (SSSR count). The van der Waals surface area contributed by atoms with Crippen LogP contribution >= 0.6 is 11.8 Å². The number of thioether (sulfide) groups is 1. The van der Waals surface area contributed by atoms with Crippen molar-refractivity contribution in [2.45, 2.75) is 18.5 Å². The molecule has 0 atom stereocenters. The average molecular weight is 413 g/mol. The molecular weight excluding hydrogens is 388 g/mol. The van der Waals surface area contributed by atoms with Crippen LogP contribution in [0, 0.1) is 0 Å². The van der Waals surface area contributed by atoms with Crippen LogP contribution in [0.2, 0.25) is 0 Å². The van der Waals surface area contributed by atoms with Crippen molar-refractivity contribution in [1.82, 2.24) is 15.0 Å². The second-order valence-electron chi connectivity index (χ2n) is 6.25. The lowest BCUT2D eigenvalue weighted by Crippen LogP contribution is -2.20. The number of methoxy groups -OCH3 is 1. The smallest absolute Gasteiger partial charge is 0.250 e. The molecule has 1 amide bonds. The van der Waals surface area contributed by atoms with Crippen molar-refractivity contribution in [2.75, 3.05) is 19.5 Å². The van der Waals surface area contributed by atoms with Crippen LogP contribution in [0.5, 0.6) is 11.5 Å². The lowest BCUT2D eigenvalue weighted by molar-refractivity contribution is -0.118. The van der Waals surface area contributed by atoms with Gasteiger partial charge in [0.15, 0.2) is 16.7 Å². The molecule has 0 aliphatic heterocycles. The third kappa shape index (κ3) is 5.08. The number of benzene rings is 2. The van der Waals surface area contributed by atoms with Gasteiger partial charge in [0.05, 0.1) is 36.7 Å². The monoisotopic (exact) mass is 412 g/mol. The summed E-state index contributed by atoms with van der Waals surface area (Å²) in [6, 6.07) is 13.4. The molecule has 1 heterocycles. The Hall–Kier alpha value is -3.00. The first-order chi connectivity index (χ1) is 14.1. The average Bonchev–Trinajstić information content (AvgIpc) is 3.07. The van der Waals surface area contributed by atoms with Gasteiger partial charge in [-0.2, -0.15) is 5.10 Å². The molecule has 29 heavy (non-hydrogen) atoms. The van der Waals surface area contributed by atoms with Crippen LogP contribution in [0.1, 0.15) is 18.9 Å². The normalized spacial score (nSPS) is 11.1. The van der Waals surface area contributed by atoms with E-state index in [9.17, 15) is 4.79 Å². The van der Waals surface area contributed by atoms with E-state index in [4.69, 9.17) is 9.47 Å². The van der Waals surface area contributed by atoms with Gasteiger partial charge in [-0.25, -0.2) is 10.4 Å². The Bertz CT molecular complexity index is 1020. The molecule has 0 saturated heterocycles. The standard InChI is InChI=1S/C21H24N4O3S/c1-4-12-28-20-15(8-7-11-18(20)27-3)13-22-24-19(26)14-29-21-23-16-9-5-6-10-17(16)25(21)2/h5-11,13H,4,12,14H2,1-3H3,(H,24,26)/b22-13-. The molecule has 0 unspecified atom stereocenters. The number of fused-ring (bicyclic) bond motifs is 1. The number of nitrogens with one attached hydrogen (secondary N) is 1. The molecule has 1 N–H and O–H groups in total. The lowest BCUT2D eigenvalue weighted by atomic mass is 10.2. The Morgan fingerprint density at radius 1 is 1.28 bits per heavy atom. The van der Waals surface area contributed by atoms with Gasteiger partial charge in [0, 0.05) is 12.6 Å². The molecule has 3 aromatic rings. The van der Waals surface area contributed by atoms with Crippen molar-refractivity contribution in [3.05, 3.63) is 48.0 Å². The maximum atomic E-state index is 12.2. The first kappa shape index (κ1) is 20.7. The summed E-state index contributed by atoms with van der Waals surface area (Å²) in [7, 11) is 3.53. The van der Waals surface area contributed by atoms with Gasteiger partial charge in [-0.1, -0.05) is 36.9 Å². The molecule has 1 aromatic heterocycles. The number of aromatic nitrogens is 2. The summed E-state index contributed by atoms with van der Waals surface area (Å²) < 4.78 is 13.1. The maximum absolute atomic E-state index is 12.2. The Morgan fingerprint density at radius 2 is 2.10 bits per heavy atom. The van der Waals surface area contributed by atoms with Crippen LogP contribution in [0.4, 0.5) is 0 Å². The summed E-state index contributed by atoms with van der Waals surface area (Å²) in [4.78, 5) is 16.7. The van der Waals surface area contributed by atoms with Crippen molar-refractivity contribution < 1.29 is 14.3 Å². The molecule has 0 aliphatic rings. The minimum atomic E-state index is -0.211. The number of imidazole rings is 1. The van der Waals surface area contributed by atoms with Crippen molar-refractivity contribution >= 4 is 34.9 Å². The first-order valence-electron chi connectivity index (χ1n) is 9.30. The molecule has 0 aliphatic carbocycles. The number of rotatable bonds is 9. The molecule has 0 radical (unpaired) electrons. The van der Waals surface area contributed by atoms with Crippen LogP contribution < -0.4 is 14.9 Å². The highest BCUT2D eigenvalue weighted by atomic mass is 32.2. The van der Waals surface area contributed by atoms with Crippen LogP contribution in [0.25, 0.3) is 11.0 Å². The molecular formula is C21H24N4O3S. The Kier molecular flexibility index (Phi) is 7.13. The molecule has 0 saturated carbocycles. The number of hydrazone groups is 1. The number of ether oxygens (including phenoxy) is 2. The second-order valence-corrected chi connectivity index (χ2v) is 7.19. The zero-order chi connectivity index (χ0) is 20.6. The van der Waals surface area contributed by atoms with Gasteiger partial charge in [-0.15, -0.1) is 0 Å². The number of nitrogens with zero attached hydrogens (tertiary/aromatic N) is 3. The number of carbonyl (C=O) groups is 1. The highest BCUT2D eigenvalue weighted by Gasteiger charge is 2.11. The number of amides is 1. The maximum Gasteiger partial charge on any atom is 0.250 e. The Balaban J connectivity index is 1.60. The molecule has 152 valence electrons. The van der Waals surface area contributed by atoms with Crippen molar-refractivity contribution in [3.63, 3.8) is 0 Å². The number of hydrogen-bond donors (Lipinski definition) is 1. The summed E-state index contributed by atoms with van der Waals surface area (Å²) >= 11 is 1.37. The zero-order valence-corrected chi connectivity index (χ0v) is 17.5. The molecule has 0 bridgehead atoms. The largest absolute Gasteiger partial charge is 0.493 e. The molecule has 8 heteroatoms. The van der Waals surface area contributed by atoms with Crippen molar-refractivity contribution in [1.29, 1.82) is 0 Å². The molecule has 0 spiro atoms. The second kappa shape index (κ2) is 9.97. The Morgan fingerprint density at radius 3 is 2.86 bits per heavy atom. The van der Waals surface area contributed by atoms with E-state index in [1.807, 2.05) is 61.0 Å². The first-order valence-corrected chi connectivity index (χ1v) is 10.3. The van der Waals surface area contributed by atoms with E-state index in [1.165, 1.54) is 11.8 Å². The summed E-state index contributed by atoms with van der Waals surface area (Å²) in [6.45, 7) is 2.61. The van der Waals surface area contributed by atoms with E-state index in [0.29, 0.717) is 18.1 Å². The summed E-state index contributed by atoms with van der Waals surface area (Å²) in [5.74, 6) is 1.25. The minimum Gasteiger partial charge on any atom is -0.493 e. The van der Waals surface area contributed by atoms with Crippen molar-refractivity contribution in [2.24, 2.45) is 12.1 Å². The Labute approximate surface area is 174 Å². The van der Waals surface area contributed by atoms with E-state index in [0.717, 1.165) is 28.2 Å². The van der Waals surface area contributed by atoms with Crippen LogP contribution in [0.3, 0.4) is 0 Å². The van der Waals surface area contributed by atoms with Gasteiger partial charge in [-0.3, -0.25) is 4.79 Å². The van der Waals surface area contributed by atoms with E-state index in [2.05, 4.69) is 15.5 Å². The number of aryl methyl sites for hydroxylation is 1. The van der Waals surface area contributed by atoms with Crippen molar-refractivity contribution in [3.8, 4) is 11.5 Å². The topological polar surface area (TPSA) is 77.7 Å².